The molecule has 0 spiro atoms. The van der Waals surface area contributed by atoms with Crippen molar-refractivity contribution in [1.29, 1.82) is 0 Å². The van der Waals surface area contributed by atoms with E-state index < -0.39 is 5.41 Å². The molecule has 0 aliphatic heterocycles. The monoisotopic (exact) mass is 399 g/mol. The zero-order chi connectivity index (χ0) is 17.4. The van der Waals surface area contributed by atoms with Gasteiger partial charge in [-0.05, 0) is 54.8 Å². The number of nitrogens with zero attached hydrogens (tertiary/aromatic N) is 1. The molecule has 0 radical (unpaired) electrons. The second-order valence-corrected chi connectivity index (χ2v) is 5.81. The molecular formula is C19H27Cl2N3O2. The van der Waals surface area contributed by atoms with Gasteiger partial charge in [0, 0.05) is 24.6 Å². The molecule has 1 aromatic carbocycles. The van der Waals surface area contributed by atoms with E-state index in [4.69, 9.17) is 10.5 Å². The zero-order valence-electron chi connectivity index (χ0n) is 15.1. The summed E-state index contributed by atoms with van der Waals surface area (Å²) < 4.78 is 5.72. The first kappa shape index (κ1) is 24.2. The van der Waals surface area contributed by atoms with Gasteiger partial charge in [-0.1, -0.05) is 13.8 Å². The molecule has 0 saturated carbocycles. The van der Waals surface area contributed by atoms with Crippen molar-refractivity contribution in [1.82, 2.24) is 4.98 Å². The highest BCUT2D eigenvalue weighted by Crippen LogP contribution is 2.27. The molecule has 2 rings (SSSR count). The summed E-state index contributed by atoms with van der Waals surface area (Å²) in [5.41, 5.74) is 7.12. The number of benzene rings is 1. The quantitative estimate of drug-likeness (QED) is 0.696. The van der Waals surface area contributed by atoms with Crippen molar-refractivity contribution in [3.63, 3.8) is 0 Å². The van der Waals surface area contributed by atoms with E-state index in [1.807, 2.05) is 50.2 Å². The van der Waals surface area contributed by atoms with Crippen LogP contribution in [0.25, 0.3) is 0 Å². The average molecular weight is 400 g/mol. The Kier molecular flexibility index (Phi) is 10.9. The molecular weight excluding hydrogens is 373 g/mol. The second kappa shape index (κ2) is 11.7. The minimum Gasteiger partial charge on any atom is -0.489 e. The van der Waals surface area contributed by atoms with Gasteiger partial charge in [-0.2, -0.15) is 0 Å². The van der Waals surface area contributed by atoms with E-state index in [0.717, 1.165) is 29.8 Å². The molecule has 26 heavy (non-hydrogen) atoms. The number of hydrogen-bond acceptors (Lipinski definition) is 4. The second-order valence-electron chi connectivity index (χ2n) is 5.81. The van der Waals surface area contributed by atoms with E-state index >= 15 is 0 Å². The fourth-order valence-electron chi connectivity index (χ4n) is 2.50. The topological polar surface area (TPSA) is 77.2 Å². The summed E-state index contributed by atoms with van der Waals surface area (Å²) in [7, 11) is 0. The van der Waals surface area contributed by atoms with Gasteiger partial charge in [0.05, 0.1) is 5.41 Å². The molecule has 1 heterocycles. The highest BCUT2D eigenvalue weighted by Gasteiger charge is 2.33. The van der Waals surface area contributed by atoms with Crippen LogP contribution in [0.3, 0.4) is 0 Å². The van der Waals surface area contributed by atoms with Crippen molar-refractivity contribution in [3.8, 4) is 5.75 Å². The molecule has 1 amide bonds. The van der Waals surface area contributed by atoms with Crippen LogP contribution in [0, 0.1) is 5.41 Å². The van der Waals surface area contributed by atoms with Gasteiger partial charge in [-0.25, -0.2) is 0 Å². The summed E-state index contributed by atoms with van der Waals surface area (Å²) in [4.78, 5) is 16.5. The fourth-order valence-corrected chi connectivity index (χ4v) is 2.50. The number of carbonyl (C=O) groups is 1. The van der Waals surface area contributed by atoms with Gasteiger partial charge >= 0.3 is 0 Å². The number of anilines is 1. The lowest BCUT2D eigenvalue weighted by atomic mass is 9.81. The molecule has 3 N–H and O–H groups in total. The van der Waals surface area contributed by atoms with Gasteiger partial charge in [-0.3, -0.25) is 9.78 Å². The lowest BCUT2D eigenvalue weighted by Crippen LogP contribution is -2.41. The molecule has 144 valence electrons. The fraction of sp³-hybridized carbons (Fsp3) is 0.368. The normalized spacial score (nSPS) is 10.3. The van der Waals surface area contributed by atoms with Crippen molar-refractivity contribution in [2.75, 3.05) is 11.9 Å². The number of halogens is 2. The number of rotatable bonds is 8. The van der Waals surface area contributed by atoms with Crippen LogP contribution in [0.15, 0.2) is 48.8 Å². The molecule has 0 unspecified atom stereocenters. The molecule has 0 saturated heterocycles. The molecule has 5 nitrogen and oxygen atoms in total. The van der Waals surface area contributed by atoms with Crippen LogP contribution in [-0.4, -0.2) is 17.4 Å². The highest BCUT2D eigenvalue weighted by molar-refractivity contribution is 5.95. The largest absolute Gasteiger partial charge is 0.489 e. The molecule has 2 aromatic rings. The first-order valence-corrected chi connectivity index (χ1v) is 8.27. The maximum Gasteiger partial charge on any atom is 0.231 e. The van der Waals surface area contributed by atoms with Crippen LogP contribution >= 0.6 is 24.8 Å². The van der Waals surface area contributed by atoms with Crippen LogP contribution < -0.4 is 15.8 Å². The first-order chi connectivity index (χ1) is 11.6. The number of nitrogens with two attached hydrogens (primary N) is 1. The van der Waals surface area contributed by atoms with Crippen molar-refractivity contribution in [3.05, 3.63) is 54.4 Å². The van der Waals surface area contributed by atoms with E-state index in [1.54, 1.807) is 12.4 Å². The molecule has 0 aliphatic carbocycles. The van der Waals surface area contributed by atoms with E-state index in [2.05, 4.69) is 10.3 Å². The maximum absolute atomic E-state index is 12.5. The Labute approximate surface area is 167 Å². The number of aromatic nitrogens is 1. The highest BCUT2D eigenvalue weighted by atomic mass is 35.5. The first-order valence-electron chi connectivity index (χ1n) is 8.27. The Morgan fingerprint density at radius 3 is 2.15 bits per heavy atom. The Hall–Kier alpha value is -1.82. The third-order valence-corrected chi connectivity index (χ3v) is 4.49. The van der Waals surface area contributed by atoms with E-state index in [0.29, 0.717) is 13.2 Å². The van der Waals surface area contributed by atoms with Gasteiger partial charge in [0.25, 0.3) is 0 Å². The van der Waals surface area contributed by atoms with Crippen molar-refractivity contribution in [2.24, 2.45) is 11.1 Å². The average Bonchev–Trinajstić information content (AvgIpc) is 2.64. The lowest BCUT2D eigenvalue weighted by molar-refractivity contribution is -0.125. The Morgan fingerprint density at radius 2 is 1.65 bits per heavy atom. The molecule has 1 aromatic heterocycles. The SMILES string of the molecule is CCC(CC)(CN)C(=O)Nc1ccc(OCc2ccncc2)cc1.Cl.Cl. The Balaban J connectivity index is 0.00000312. The van der Waals surface area contributed by atoms with Gasteiger partial charge < -0.3 is 15.8 Å². The Bertz CT molecular complexity index is 639. The summed E-state index contributed by atoms with van der Waals surface area (Å²) in [5, 5.41) is 2.95. The number of ether oxygens (including phenoxy) is 1. The third kappa shape index (κ3) is 6.16. The predicted molar refractivity (Wildman–Crippen MR) is 110 cm³/mol. The zero-order valence-corrected chi connectivity index (χ0v) is 16.7. The smallest absolute Gasteiger partial charge is 0.231 e. The summed E-state index contributed by atoms with van der Waals surface area (Å²) in [6.45, 7) is 4.81. The predicted octanol–water partition coefficient (Wildman–Crippen LogP) is 4.21. The standard InChI is InChI=1S/C19H25N3O2.2ClH/c1-3-19(4-2,14-20)18(23)22-16-5-7-17(8-6-16)24-13-15-9-11-21-12-10-15;;/h5-12H,3-4,13-14,20H2,1-2H3,(H,22,23);2*1H. The van der Waals surface area contributed by atoms with Crippen LogP contribution in [0.2, 0.25) is 0 Å². The number of amides is 1. The lowest BCUT2D eigenvalue weighted by Gasteiger charge is -2.28. The van der Waals surface area contributed by atoms with Crippen molar-refractivity contribution < 1.29 is 9.53 Å². The molecule has 7 heteroatoms. The van der Waals surface area contributed by atoms with Gasteiger partial charge in [-0.15, -0.1) is 24.8 Å². The number of hydrogen-bond donors (Lipinski definition) is 2. The summed E-state index contributed by atoms with van der Waals surface area (Å²) in [5.74, 6) is 0.723. The molecule has 0 atom stereocenters. The van der Waals surface area contributed by atoms with Crippen molar-refractivity contribution >= 4 is 36.4 Å². The van der Waals surface area contributed by atoms with Gasteiger partial charge in [0.15, 0.2) is 0 Å². The molecule has 0 bridgehead atoms. The molecule has 0 aliphatic rings. The Morgan fingerprint density at radius 1 is 1.08 bits per heavy atom. The summed E-state index contributed by atoms with van der Waals surface area (Å²) >= 11 is 0. The minimum atomic E-state index is -0.503. The van der Waals surface area contributed by atoms with Crippen LogP contribution in [0.4, 0.5) is 5.69 Å². The van der Waals surface area contributed by atoms with Crippen molar-refractivity contribution in [2.45, 2.75) is 33.3 Å². The minimum absolute atomic E-state index is 0. The van der Waals surface area contributed by atoms with Gasteiger partial charge in [0.2, 0.25) is 5.91 Å². The maximum atomic E-state index is 12.5. The van der Waals surface area contributed by atoms with Crippen LogP contribution in [-0.2, 0) is 11.4 Å². The number of carbonyl (C=O) groups excluding carboxylic acids is 1. The third-order valence-electron chi connectivity index (χ3n) is 4.49. The summed E-state index contributed by atoms with van der Waals surface area (Å²) in [6.07, 6.45) is 4.92. The van der Waals surface area contributed by atoms with Crippen LogP contribution in [0.5, 0.6) is 5.75 Å². The van der Waals surface area contributed by atoms with Crippen LogP contribution in [0.1, 0.15) is 32.3 Å². The van der Waals surface area contributed by atoms with E-state index in [1.165, 1.54) is 0 Å². The van der Waals surface area contributed by atoms with Gasteiger partial charge in [0.1, 0.15) is 12.4 Å². The summed E-state index contributed by atoms with van der Waals surface area (Å²) in [6, 6.07) is 11.2. The number of nitrogens with one attached hydrogen (secondary N) is 1. The van der Waals surface area contributed by atoms with E-state index in [-0.39, 0.29) is 30.7 Å². The van der Waals surface area contributed by atoms with E-state index in [9.17, 15) is 4.79 Å². The molecule has 0 fully saturated rings. The number of pyridine rings is 1.